The van der Waals surface area contributed by atoms with Crippen LogP contribution in [-0.2, 0) is 4.79 Å². The van der Waals surface area contributed by atoms with Gasteiger partial charge in [0.05, 0.1) is 10.7 Å². The molecule has 1 amide bonds. The van der Waals surface area contributed by atoms with Gasteiger partial charge in [-0.05, 0) is 30.4 Å². The molecule has 0 unspecified atom stereocenters. The Bertz CT molecular complexity index is 576. The molecule has 26 heavy (non-hydrogen) atoms. The highest BCUT2D eigenvalue weighted by atomic mass is 32.2. The van der Waals surface area contributed by atoms with Crippen LogP contribution in [0, 0.1) is 0 Å². The Morgan fingerprint density at radius 3 is 2.42 bits per heavy atom. The summed E-state index contributed by atoms with van der Waals surface area (Å²) in [4.78, 5) is 8.58. The Morgan fingerprint density at radius 2 is 1.81 bits per heavy atom. The van der Waals surface area contributed by atoms with E-state index in [1.54, 1.807) is 23.7 Å². The predicted molar refractivity (Wildman–Crippen MR) is 120 cm³/mol. The first-order valence-electron chi connectivity index (χ1n) is 8.60. The summed E-state index contributed by atoms with van der Waals surface area (Å²) < 4.78 is 2.10. The van der Waals surface area contributed by atoms with Crippen molar-refractivity contribution >= 4 is 41.5 Å². The summed E-state index contributed by atoms with van der Waals surface area (Å²) in [6, 6.07) is 8.14. The zero-order valence-corrected chi connectivity index (χ0v) is 17.6. The van der Waals surface area contributed by atoms with Crippen LogP contribution in [0.2, 0.25) is 0 Å². The fraction of sp³-hybridized carbons (Fsp3) is 0.421. The van der Waals surface area contributed by atoms with E-state index in [0.29, 0.717) is 0 Å². The van der Waals surface area contributed by atoms with E-state index < -0.39 is 0 Å². The van der Waals surface area contributed by atoms with Crippen LogP contribution in [0.4, 0.5) is 5.69 Å². The smallest absolute Gasteiger partial charge is 0.204 e. The molecule has 7 heteroatoms. The highest BCUT2D eigenvalue weighted by Crippen LogP contribution is 2.27. The molecule has 0 aliphatic rings. The van der Waals surface area contributed by atoms with Gasteiger partial charge in [-0.15, -0.1) is 11.8 Å². The van der Waals surface area contributed by atoms with E-state index in [0.717, 1.165) is 27.7 Å². The molecule has 0 saturated carbocycles. The van der Waals surface area contributed by atoms with Crippen molar-refractivity contribution in [2.24, 2.45) is 17.2 Å². The number of nitrogens with two attached hydrogens (primary N) is 3. The van der Waals surface area contributed by atoms with Crippen molar-refractivity contribution in [3.63, 3.8) is 0 Å². The second kappa shape index (κ2) is 15.5. The number of hydrogen-bond donors (Lipinski definition) is 3. The molecule has 5 nitrogen and oxygen atoms in total. The van der Waals surface area contributed by atoms with Gasteiger partial charge in [0.2, 0.25) is 6.41 Å². The molecule has 1 rings (SSSR count). The van der Waals surface area contributed by atoms with E-state index in [-0.39, 0.29) is 6.41 Å². The summed E-state index contributed by atoms with van der Waals surface area (Å²) in [5, 5.41) is 0.820. The van der Waals surface area contributed by atoms with Gasteiger partial charge in [0.15, 0.2) is 0 Å². The molecule has 0 radical (unpaired) electrons. The number of carbonyl (C=O) groups is 1. The number of amides is 1. The van der Waals surface area contributed by atoms with Crippen LogP contribution in [0.25, 0.3) is 5.70 Å². The quantitative estimate of drug-likeness (QED) is 0.240. The highest BCUT2D eigenvalue weighted by Gasteiger charge is 2.07. The molecule has 0 saturated heterocycles. The van der Waals surface area contributed by atoms with Crippen molar-refractivity contribution in [3.8, 4) is 0 Å². The number of primary amides is 1. The van der Waals surface area contributed by atoms with Gasteiger partial charge < -0.3 is 21.5 Å². The first kappa shape index (κ1) is 24.3. The fourth-order valence-corrected chi connectivity index (χ4v) is 3.22. The van der Waals surface area contributed by atoms with Gasteiger partial charge in [-0.25, -0.2) is 0 Å². The Morgan fingerprint density at radius 1 is 1.15 bits per heavy atom. The Hall–Kier alpha value is -1.73. The molecule has 1 aromatic rings. The number of anilines is 1. The molecular formula is C19H32N4OS2. The van der Waals surface area contributed by atoms with Crippen molar-refractivity contribution in [1.82, 2.24) is 0 Å². The summed E-state index contributed by atoms with van der Waals surface area (Å²) in [5.41, 5.74) is 19.3. The zero-order valence-electron chi connectivity index (χ0n) is 16.0. The average Bonchev–Trinajstić information content (AvgIpc) is 2.66. The Labute approximate surface area is 166 Å². The van der Waals surface area contributed by atoms with Crippen LogP contribution in [0.15, 0.2) is 41.4 Å². The van der Waals surface area contributed by atoms with Crippen molar-refractivity contribution in [2.45, 2.75) is 32.6 Å². The molecule has 146 valence electrons. The minimum atomic E-state index is 0.250. The molecule has 0 spiro atoms. The van der Waals surface area contributed by atoms with Crippen LogP contribution in [0.1, 0.15) is 38.2 Å². The van der Waals surface area contributed by atoms with Crippen LogP contribution < -0.4 is 21.5 Å². The maximum absolute atomic E-state index is 8.58. The third-order valence-corrected chi connectivity index (χ3v) is 5.23. The molecule has 0 aliphatic carbocycles. The highest BCUT2D eigenvalue weighted by molar-refractivity contribution is 8.03. The number of allylic oxidation sites excluding steroid dienone is 2. The van der Waals surface area contributed by atoms with Crippen LogP contribution in [0.5, 0.6) is 0 Å². The molecule has 6 N–H and O–H groups in total. The topological polar surface area (TPSA) is 98.4 Å². The minimum absolute atomic E-state index is 0.250. The third-order valence-electron chi connectivity index (χ3n) is 3.52. The summed E-state index contributed by atoms with van der Waals surface area (Å²) >= 11 is 3.36. The Balaban J connectivity index is 0.00000194. The second-order valence-corrected chi connectivity index (χ2v) is 7.51. The predicted octanol–water partition coefficient (Wildman–Crippen LogP) is 3.92. The lowest BCUT2D eigenvalue weighted by molar-refractivity contribution is -0.106. The standard InChI is InChI=1S/C18H29N3S2.CH3NO/c1-4-5-6-9-14-23-18(20)13-12-16(19)15-10-7-8-11-17(15)21(2)22-3;2-1-3/h7-8,10-13H,4-6,9,14,19-20H2,1-3H3;1H,(H2,2,3)/b16-12-,18-13+;. The van der Waals surface area contributed by atoms with Crippen LogP contribution >= 0.6 is 23.7 Å². The van der Waals surface area contributed by atoms with Crippen LogP contribution in [-0.4, -0.2) is 25.5 Å². The average molecular weight is 397 g/mol. The first-order chi connectivity index (χ1) is 12.5. The zero-order chi connectivity index (χ0) is 19.8. The number of rotatable bonds is 10. The summed E-state index contributed by atoms with van der Waals surface area (Å²) in [7, 11) is 2.03. The molecule has 0 bridgehead atoms. The van der Waals surface area contributed by atoms with Gasteiger partial charge in [0.25, 0.3) is 0 Å². The molecule has 0 heterocycles. The van der Waals surface area contributed by atoms with Crippen molar-refractivity contribution < 1.29 is 4.79 Å². The monoisotopic (exact) mass is 396 g/mol. The van der Waals surface area contributed by atoms with Gasteiger partial charge >= 0.3 is 0 Å². The molecule has 1 aromatic carbocycles. The van der Waals surface area contributed by atoms with Gasteiger partial charge in [0, 0.05) is 24.6 Å². The molecule has 0 atom stereocenters. The second-order valence-electron chi connectivity index (χ2n) is 5.43. The van der Waals surface area contributed by atoms with Crippen molar-refractivity contribution in [1.29, 1.82) is 0 Å². The number of nitrogens with zero attached hydrogens (tertiary/aromatic N) is 1. The number of thioether (sulfide) groups is 1. The molecule has 0 fully saturated rings. The lowest BCUT2D eigenvalue weighted by Crippen LogP contribution is -2.09. The lowest BCUT2D eigenvalue weighted by Gasteiger charge is -2.19. The maximum Gasteiger partial charge on any atom is 0.204 e. The molecular weight excluding hydrogens is 364 g/mol. The molecule has 0 aliphatic heterocycles. The van der Waals surface area contributed by atoms with Crippen molar-refractivity contribution in [3.05, 3.63) is 47.0 Å². The number of hydrogen-bond acceptors (Lipinski definition) is 6. The molecule has 0 aromatic heterocycles. The van der Waals surface area contributed by atoms with Gasteiger partial charge in [0.1, 0.15) is 0 Å². The number of benzene rings is 1. The van der Waals surface area contributed by atoms with E-state index in [4.69, 9.17) is 16.3 Å². The van der Waals surface area contributed by atoms with Gasteiger partial charge in [-0.3, -0.25) is 4.79 Å². The van der Waals surface area contributed by atoms with E-state index >= 15 is 0 Å². The minimum Gasteiger partial charge on any atom is -0.398 e. The first-order valence-corrected chi connectivity index (χ1v) is 10.8. The van der Waals surface area contributed by atoms with E-state index in [1.165, 1.54) is 25.7 Å². The van der Waals surface area contributed by atoms with E-state index in [2.05, 4.69) is 23.0 Å². The Kier molecular flexibility index (Phi) is 14.5. The summed E-state index contributed by atoms with van der Waals surface area (Å²) in [6.07, 6.45) is 11.2. The fourth-order valence-electron chi connectivity index (χ4n) is 2.12. The van der Waals surface area contributed by atoms with Crippen molar-refractivity contribution in [2.75, 3.05) is 23.4 Å². The summed E-state index contributed by atoms with van der Waals surface area (Å²) in [5.74, 6) is 1.07. The normalized spacial score (nSPS) is 11.5. The number of para-hydroxylation sites is 1. The van der Waals surface area contributed by atoms with E-state index in [9.17, 15) is 0 Å². The third kappa shape index (κ3) is 10.3. The maximum atomic E-state index is 8.58. The number of carbonyl (C=O) groups excluding carboxylic acids is 1. The summed E-state index contributed by atoms with van der Waals surface area (Å²) in [6.45, 7) is 2.22. The lowest BCUT2D eigenvalue weighted by atomic mass is 10.1. The van der Waals surface area contributed by atoms with Crippen LogP contribution in [0.3, 0.4) is 0 Å². The van der Waals surface area contributed by atoms with E-state index in [1.807, 2.05) is 43.7 Å². The van der Waals surface area contributed by atoms with Gasteiger partial charge in [-0.2, -0.15) is 0 Å². The largest absolute Gasteiger partial charge is 0.398 e. The SMILES string of the molecule is CCCCCCS/C(N)=C/C=C(\N)c1ccccc1N(C)SC.NC=O. The van der Waals surface area contributed by atoms with Gasteiger partial charge in [-0.1, -0.05) is 56.3 Å². The number of unbranched alkanes of at least 4 members (excludes halogenated alkanes) is 3.